The first kappa shape index (κ1) is 22.6. The normalized spacial score (nSPS) is 11.3. The summed E-state index contributed by atoms with van der Waals surface area (Å²) in [7, 11) is 0. The maximum Gasteiger partial charge on any atom is -0.00168 e. The van der Waals surface area contributed by atoms with Crippen molar-refractivity contribution in [2.24, 2.45) is 0 Å². The smallest absolute Gasteiger partial charge is 0.00168 e. The highest BCUT2D eigenvalue weighted by atomic mass is 14.2. The molecule has 0 aliphatic rings. The lowest BCUT2D eigenvalue weighted by atomic mass is 9.81. The quantitative estimate of drug-likeness (QED) is 0.302. The summed E-state index contributed by atoms with van der Waals surface area (Å²) in [6.07, 6.45) is 12.4. The van der Waals surface area contributed by atoms with E-state index in [2.05, 4.69) is 76.2 Å². The zero-order valence-corrected chi connectivity index (χ0v) is 19.7. The molecule has 0 saturated carbocycles. The molecule has 3 aromatic rings. The van der Waals surface area contributed by atoms with Crippen LogP contribution in [-0.4, -0.2) is 0 Å². The number of rotatable bonds is 11. The highest BCUT2D eigenvalue weighted by molar-refractivity contribution is 5.91. The van der Waals surface area contributed by atoms with Gasteiger partial charge in [0.05, 0.1) is 0 Å². The lowest BCUT2D eigenvalue weighted by Crippen LogP contribution is -2.08. The van der Waals surface area contributed by atoms with Gasteiger partial charge in [-0.25, -0.2) is 0 Å². The van der Waals surface area contributed by atoms with Crippen molar-refractivity contribution in [3.05, 3.63) is 81.9 Å². The third-order valence-electron chi connectivity index (χ3n) is 6.51. The molecule has 3 rings (SSSR count). The van der Waals surface area contributed by atoms with E-state index >= 15 is 0 Å². The average molecular weight is 401 g/mol. The third-order valence-corrected chi connectivity index (χ3v) is 6.51. The highest BCUT2D eigenvalue weighted by Crippen LogP contribution is 2.35. The minimum Gasteiger partial charge on any atom is -0.0654 e. The Balaban J connectivity index is 2.23. The fraction of sp³-hybridized carbons (Fsp3) is 0.467. The van der Waals surface area contributed by atoms with Crippen LogP contribution in [0.2, 0.25) is 0 Å². The molecule has 0 aliphatic heterocycles. The van der Waals surface area contributed by atoms with E-state index in [0.717, 1.165) is 6.42 Å². The standard InChI is InChI=1S/C30H40/c1-5-8-13-25-26(14-9-6-2)28(15-10-7-3)30(29-17-12-11-16-27(25)29)22-24-20-18-23(4)19-21-24/h11-12,16-21H,5-10,13-15,22H2,1-4H3. The lowest BCUT2D eigenvalue weighted by molar-refractivity contribution is 0.734. The van der Waals surface area contributed by atoms with Gasteiger partial charge in [0, 0.05) is 0 Å². The number of fused-ring (bicyclic) bond motifs is 1. The van der Waals surface area contributed by atoms with Gasteiger partial charge in [0.2, 0.25) is 0 Å². The van der Waals surface area contributed by atoms with E-state index in [1.54, 1.807) is 22.3 Å². The van der Waals surface area contributed by atoms with Gasteiger partial charge >= 0.3 is 0 Å². The molecule has 3 aromatic carbocycles. The van der Waals surface area contributed by atoms with E-state index in [1.807, 2.05) is 0 Å². The van der Waals surface area contributed by atoms with E-state index in [4.69, 9.17) is 0 Å². The molecule has 0 atom stereocenters. The molecular formula is C30H40. The van der Waals surface area contributed by atoms with Crippen molar-refractivity contribution in [1.82, 2.24) is 0 Å². The molecule has 0 aromatic heterocycles. The zero-order valence-electron chi connectivity index (χ0n) is 19.7. The predicted octanol–water partition coefficient (Wildman–Crippen LogP) is 8.77. The molecule has 0 N–H and O–H groups in total. The summed E-state index contributed by atoms with van der Waals surface area (Å²) in [5.41, 5.74) is 9.39. The number of hydrogen-bond acceptors (Lipinski definition) is 0. The van der Waals surface area contributed by atoms with E-state index in [-0.39, 0.29) is 0 Å². The van der Waals surface area contributed by atoms with Crippen LogP contribution >= 0.6 is 0 Å². The van der Waals surface area contributed by atoms with Gasteiger partial charge in [-0.2, -0.15) is 0 Å². The summed E-state index contributed by atoms with van der Waals surface area (Å²) < 4.78 is 0. The molecule has 0 aliphatic carbocycles. The van der Waals surface area contributed by atoms with Gasteiger partial charge in [-0.1, -0.05) is 94.1 Å². The van der Waals surface area contributed by atoms with Crippen LogP contribution in [0.1, 0.15) is 92.7 Å². The van der Waals surface area contributed by atoms with Crippen molar-refractivity contribution in [3.8, 4) is 0 Å². The summed E-state index contributed by atoms with van der Waals surface area (Å²) in [5.74, 6) is 0. The number of aryl methyl sites for hydroxylation is 2. The van der Waals surface area contributed by atoms with Crippen molar-refractivity contribution in [2.75, 3.05) is 0 Å². The predicted molar refractivity (Wildman–Crippen MR) is 134 cm³/mol. The Bertz CT molecular complexity index is 930. The minimum absolute atomic E-state index is 1.05. The Morgan fingerprint density at radius 3 is 1.53 bits per heavy atom. The van der Waals surface area contributed by atoms with Crippen molar-refractivity contribution in [1.29, 1.82) is 0 Å². The Labute approximate surface area is 184 Å². The fourth-order valence-electron chi connectivity index (χ4n) is 4.76. The first-order valence-corrected chi connectivity index (χ1v) is 12.3. The first-order chi connectivity index (χ1) is 14.7. The number of benzene rings is 3. The zero-order chi connectivity index (χ0) is 21.3. The van der Waals surface area contributed by atoms with Crippen molar-refractivity contribution >= 4 is 10.8 Å². The molecule has 160 valence electrons. The SMILES string of the molecule is CCCCc1c(CCCC)c(Cc2ccc(C)cc2)c2ccccc2c1CCCC. The van der Waals surface area contributed by atoms with Crippen molar-refractivity contribution < 1.29 is 0 Å². The minimum atomic E-state index is 1.05. The Kier molecular flexibility index (Phi) is 8.55. The van der Waals surface area contributed by atoms with E-state index < -0.39 is 0 Å². The van der Waals surface area contributed by atoms with Crippen LogP contribution in [0.15, 0.2) is 48.5 Å². The lowest BCUT2D eigenvalue weighted by Gasteiger charge is -2.23. The molecule has 0 spiro atoms. The van der Waals surface area contributed by atoms with Gasteiger partial charge in [0.25, 0.3) is 0 Å². The summed E-state index contributed by atoms with van der Waals surface area (Å²) in [4.78, 5) is 0. The first-order valence-electron chi connectivity index (χ1n) is 12.3. The molecule has 0 nitrogen and oxygen atoms in total. The Morgan fingerprint density at radius 1 is 0.533 bits per heavy atom. The van der Waals surface area contributed by atoms with Crippen LogP contribution in [0.25, 0.3) is 10.8 Å². The molecule has 0 fully saturated rings. The van der Waals surface area contributed by atoms with Crippen LogP contribution in [0.4, 0.5) is 0 Å². The molecule has 0 saturated heterocycles. The second-order valence-electron chi connectivity index (χ2n) is 8.93. The fourth-order valence-corrected chi connectivity index (χ4v) is 4.76. The van der Waals surface area contributed by atoms with Gasteiger partial charge in [-0.05, 0) is 90.5 Å². The second-order valence-corrected chi connectivity index (χ2v) is 8.93. The average Bonchev–Trinajstić information content (AvgIpc) is 2.77. The van der Waals surface area contributed by atoms with Crippen LogP contribution in [0.5, 0.6) is 0 Å². The van der Waals surface area contributed by atoms with Crippen LogP contribution in [0, 0.1) is 6.92 Å². The van der Waals surface area contributed by atoms with Crippen molar-refractivity contribution in [2.45, 2.75) is 91.9 Å². The summed E-state index contributed by atoms with van der Waals surface area (Å²) in [5, 5.41) is 3.01. The second kappa shape index (κ2) is 11.3. The largest absolute Gasteiger partial charge is 0.0654 e. The number of hydrogen-bond donors (Lipinski definition) is 0. The van der Waals surface area contributed by atoms with Crippen LogP contribution in [-0.2, 0) is 25.7 Å². The summed E-state index contributed by atoms with van der Waals surface area (Å²) >= 11 is 0. The van der Waals surface area contributed by atoms with E-state index in [0.29, 0.717) is 0 Å². The van der Waals surface area contributed by atoms with Gasteiger partial charge in [0.1, 0.15) is 0 Å². The molecular weight excluding hydrogens is 360 g/mol. The van der Waals surface area contributed by atoms with Gasteiger partial charge in [-0.15, -0.1) is 0 Å². The molecule has 0 heteroatoms. The van der Waals surface area contributed by atoms with Gasteiger partial charge < -0.3 is 0 Å². The topological polar surface area (TPSA) is 0 Å². The Hall–Kier alpha value is -2.08. The third kappa shape index (κ3) is 5.34. The maximum atomic E-state index is 2.39. The van der Waals surface area contributed by atoms with E-state index in [1.165, 1.54) is 79.7 Å². The van der Waals surface area contributed by atoms with Crippen LogP contribution < -0.4 is 0 Å². The van der Waals surface area contributed by atoms with Gasteiger partial charge in [0.15, 0.2) is 0 Å². The van der Waals surface area contributed by atoms with Gasteiger partial charge in [-0.3, -0.25) is 0 Å². The maximum absolute atomic E-state index is 2.39. The summed E-state index contributed by atoms with van der Waals surface area (Å²) in [6, 6.07) is 18.4. The molecule has 0 radical (unpaired) electrons. The molecule has 30 heavy (non-hydrogen) atoms. The highest BCUT2D eigenvalue weighted by Gasteiger charge is 2.18. The molecule has 0 amide bonds. The molecule has 0 unspecified atom stereocenters. The Morgan fingerprint density at radius 2 is 1.00 bits per heavy atom. The molecule has 0 bridgehead atoms. The van der Waals surface area contributed by atoms with Crippen LogP contribution in [0.3, 0.4) is 0 Å². The number of unbranched alkanes of at least 4 members (excludes halogenated alkanes) is 3. The monoisotopic (exact) mass is 400 g/mol. The summed E-state index contributed by atoms with van der Waals surface area (Å²) in [6.45, 7) is 9.14. The van der Waals surface area contributed by atoms with Crippen molar-refractivity contribution in [3.63, 3.8) is 0 Å². The van der Waals surface area contributed by atoms with E-state index in [9.17, 15) is 0 Å². The molecule has 0 heterocycles.